The van der Waals surface area contributed by atoms with E-state index in [1.54, 1.807) is 29.5 Å². The smallest absolute Gasteiger partial charge is 0.243 e. The molecule has 0 amide bonds. The quantitative estimate of drug-likeness (QED) is 0.619. The van der Waals surface area contributed by atoms with Gasteiger partial charge in [-0.3, -0.25) is 4.79 Å². The molecule has 1 aromatic heterocycles. The maximum atomic E-state index is 12.9. The van der Waals surface area contributed by atoms with Crippen LogP contribution in [-0.2, 0) is 10.0 Å². The van der Waals surface area contributed by atoms with E-state index in [0.717, 1.165) is 23.4 Å². The van der Waals surface area contributed by atoms with Gasteiger partial charge in [-0.2, -0.15) is 4.31 Å². The normalized spacial score (nSPS) is 16.6. The molecule has 1 aliphatic heterocycles. The monoisotopic (exact) mass is 400 g/mol. The molecule has 2 aromatic carbocycles. The van der Waals surface area contributed by atoms with Crippen LogP contribution in [0.15, 0.2) is 53.4 Å². The Morgan fingerprint density at radius 3 is 2.56 bits per heavy atom. The van der Waals surface area contributed by atoms with E-state index in [1.165, 1.54) is 22.0 Å². The predicted molar refractivity (Wildman–Crippen MR) is 107 cm³/mol. The Bertz CT molecular complexity index is 1060. The van der Waals surface area contributed by atoms with E-state index in [2.05, 4.69) is 6.07 Å². The number of nitrogens with zero attached hydrogens (tertiary/aromatic N) is 2. The van der Waals surface area contributed by atoms with Crippen LogP contribution < -0.4 is 0 Å². The summed E-state index contributed by atoms with van der Waals surface area (Å²) < 4.78 is 28.6. The summed E-state index contributed by atoms with van der Waals surface area (Å²) in [6.45, 7) is 2.37. The molecule has 0 bridgehead atoms. The molecule has 3 aromatic rings. The number of ketones is 1. The van der Waals surface area contributed by atoms with Crippen molar-refractivity contribution in [1.82, 2.24) is 9.29 Å². The summed E-state index contributed by atoms with van der Waals surface area (Å²) in [5.41, 5.74) is 1.43. The SMILES string of the molecule is CC(=O)c1cccc(S(=O)(=O)N2CCC(c3nc4ccccc4s3)CC2)c1. The van der Waals surface area contributed by atoms with Crippen molar-refractivity contribution in [2.45, 2.75) is 30.6 Å². The summed E-state index contributed by atoms with van der Waals surface area (Å²) in [5.74, 6) is 0.152. The highest BCUT2D eigenvalue weighted by molar-refractivity contribution is 7.89. The molecule has 1 aliphatic rings. The molecule has 5 nitrogen and oxygen atoms in total. The zero-order chi connectivity index (χ0) is 19.0. The number of hydrogen-bond donors (Lipinski definition) is 0. The molecule has 1 saturated heterocycles. The predicted octanol–water partition coefficient (Wildman–Crippen LogP) is 4.07. The van der Waals surface area contributed by atoms with Crippen molar-refractivity contribution < 1.29 is 13.2 Å². The number of aromatic nitrogens is 1. The summed E-state index contributed by atoms with van der Waals surface area (Å²) in [4.78, 5) is 16.5. The molecule has 27 heavy (non-hydrogen) atoms. The molecule has 0 unspecified atom stereocenters. The highest BCUT2D eigenvalue weighted by Gasteiger charge is 2.31. The Balaban J connectivity index is 1.51. The molecular weight excluding hydrogens is 380 g/mol. The molecule has 140 valence electrons. The third kappa shape index (κ3) is 3.54. The number of carbonyl (C=O) groups excluding carboxylic acids is 1. The lowest BCUT2D eigenvalue weighted by atomic mass is 9.99. The van der Waals surface area contributed by atoms with E-state index >= 15 is 0 Å². The zero-order valence-corrected chi connectivity index (χ0v) is 16.6. The van der Waals surface area contributed by atoms with Crippen LogP contribution in [0.25, 0.3) is 10.2 Å². The lowest BCUT2D eigenvalue weighted by Gasteiger charge is -2.30. The van der Waals surface area contributed by atoms with Crippen LogP contribution in [0.3, 0.4) is 0 Å². The Morgan fingerprint density at radius 1 is 1.11 bits per heavy atom. The highest BCUT2D eigenvalue weighted by atomic mass is 32.2. The maximum Gasteiger partial charge on any atom is 0.243 e. The molecule has 7 heteroatoms. The highest BCUT2D eigenvalue weighted by Crippen LogP contribution is 2.35. The van der Waals surface area contributed by atoms with Crippen LogP contribution in [-0.4, -0.2) is 36.6 Å². The van der Waals surface area contributed by atoms with Gasteiger partial charge in [0.25, 0.3) is 0 Å². The summed E-state index contributed by atoms with van der Waals surface area (Å²) >= 11 is 1.70. The largest absolute Gasteiger partial charge is 0.295 e. The third-order valence-electron chi connectivity index (χ3n) is 4.99. The second-order valence-corrected chi connectivity index (χ2v) is 9.78. The Morgan fingerprint density at radius 2 is 1.85 bits per heavy atom. The van der Waals surface area contributed by atoms with E-state index in [0.29, 0.717) is 18.7 Å². The molecule has 0 aliphatic carbocycles. The van der Waals surface area contributed by atoms with Gasteiger partial charge in [0, 0.05) is 24.6 Å². The summed E-state index contributed by atoms with van der Waals surface area (Å²) in [5, 5.41) is 1.09. The van der Waals surface area contributed by atoms with E-state index in [9.17, 15) is 13.2 Å². The fourth-order valence-electron chi connectivity index (χ4n) is 3.43. The molecule has 0 saturated carbocycles. The first-order valence-electron chi connectivity index (χ1n) is 8.92. The van der Waals surface area contributed by atoms with Crippen LogP contribution in [0, 0.1) is 0 Å². The van der Waals surface area contributed by atoms with Gasteiger partial charge in [-0.05, 0) is 44.0 Å². The number of para-hydroxylation sites is 1. The fraction of sp³-hybridized carbons (Fsp3) is 0.300. The van der Waals surface area contributed by atoms with Gasteiger partial charge in [-0.15, -0.1) is 11.3 Å². The minimum Gasteiger partial charge on any atom is -0.295 e. The summed E-state index contributed by atoms with van der Waals surface area (Å²) in [6.07, 6.45) is 1.51. The Hall–Kier alpha value is -2.09. The van der Waals surface area contributed by atoms with Crippen molar-refractivity contribution in [2.75, 3.05) is 13.1 Å². The van der Waals surface area contributed by atoms with Gasteiger partial charge in [0.15, 0.2) is 5.78 Å². The number of carbonyl (C=O) groups is 1. The van der Waals surface area contributed by atoms with Crippen LogP contribution in [0.1, 0.15) is 41.0 Å². The van der Waals surface area contributed by atoms with Crippen molar-refractivity contribution in [3.05, 3.63) is 59.1 Å². The Labute approximate surface area is 162 Å². The average molecular weight is 401 g/mol. The van der Waals surface area contributed by atoms with Crippen LogP contribution >= 0.6 is 11.3 Å². The van der Waals surface area contributed by atoms with Crippen molar-refractivity contribution in [3.8, 4) is 0 Å². The minimum absolute atomic E-state index is 0.137. The van der Waals surface area contributed by atoms with Gasteiger partial charge in [0.05, 0.1) is 20.1 Å². The van der Waals surface area contributed by atoms with Crippen LogP contribution in [0.2, 0.25) is 0 Å². The molecule has 2 heterocycles. The third-order valence-corrected chi connectivity index (χ3v) is 8.09. The van der Waals surface area contributed by atoms with Gasteiger partial charge >= 0.3 is 0 Å². The molecule has 1 fully saturated rings. The van der Waals surface area contributed by atoms with Crippen molar-refractivity contribution in [2.24, 2.45) is 0 Å². The van der Waals surface area contributed by atoms with Crippen LogP contribution in [0.5, 0.6) is 0 Å². The minimum atomic E-state index is -3.58. The number of sulfonamides is 1. The summed E-state index contributed by atoms with van der Waals surface area (Å²) in [7, 11) is -3.58. The van der Waals surface area contributed by atoms with Crippen molar-refractivity contribution in [3.63, 3.8) is 0 Å². The van der Waals surface area contributed by atoms with Gasteiger partial charge in [-0.25, -0.2) is 13.4 Å². The zero-order valence-electron chi connectivity index (χ0n) is 15.0. The molecule has 4 rings (SSSR count). The molecular formula is C20H20N2O3S2. The van der Waals surface area contributed by atoms with Crippen molar-refractivity contribution >= 4 is 37.4 Å². The lowest BCUT2D eigenvalue weighted by Crippen LogP contribution is -2.37. The Kier molecular flexibility index (Phi) is 4.84. The average Bonchev–Trinajstić information content (AvgIpc) is 3.12. The molecule has 0 atom stereocenters. The maximum absolute atomic E-state index is 12.9. The van der Waals surface area contributed by atoms with Crippen molar-refractivity contribution in [1.29, 1.82) is 0 Å². The second-order valence-electron chi connectivity index (χ2n) is 6.78. The first-order chi connectivity index (χ1) is 12.9. The number of rotatable bonds is 4. The molecule has 0 radical (unpaired) electrons. The topological polar surface area (TPSA) is 67.3 Å². The van der Waals surface area contributed by atoms with Crippen LogP contribution in [0.4, 0.5) is 0 Å². The fourth-order valence-corrected chi connectivity index (χ4v) is 6.09. The van der Waals surface area contributed by atoms with Gasteiger partial charge in [0.1, 0.15) is 0 Å². The number of thiazole rings is 1. The van der Waals surface area contributed by atoms with E-state index < -0.39 is 10.0 Å². The van der Waals surface area contributed by atoms with Gasteiger partial charge in [-0.1, -0.05) is 24.3 Å². The van der Waals surface area contributed by atoms with E-state index in [-0.39, 0.29) is 16.6 Å². The molecule has 0 spiro atoms. The number of Topliss-reactive ketones (excluding diaryl/α,β-unsaturated/α-hetero) is 1. The summed E-state index contributed by atoms with van der Waals surface area (Å²) in [6, 6.07) is 14.4. The number of fused-ring (bicyclic) bond motifs is 1. The van der Waals surface area contributed by atoms with Gasteiger partial charge < -0.3 is 0 Å². The van der Waals surface area contributed by atoms with E-state index in [4.69, 9.17) is 4.98 Å². The molecule has 0 N–H and O–H groups in total. The number of hydrogen-bond acceptors (Lipinski definition) is 5. The number of piperidine rings is 1. The van der Waals surface area contributed by atoms with Gasteiger partial charge in [0.2, 0.25) is 10.0 Å². The number of benzene rings is 2. The first kappa shape index (κ1) is 18.3. The van der Waals surface area contributed by atoms with E-state index in [1.807, 2.05) is 18.2 Å². The lowest BCUT2D eigenvalue weighted by molar-refractivity contribution is 0.101. The standard InChI is InChI=1S/C20H20N2O3S2/c1-14(23)16-5-4-6-17(13-16)27(24,25)22-11-9-15(10-12-22)20-21-18-7-2-3-8-19(18)26-20/h2-8,13,15H,9-12H2,1H3. The first-order valence-corrected chi connectivity index (χ1v) is 11.2. The second kappa shape index (κ2) is 7.14.